The van der Waals surface area contributed by atoms with E-state index in [1.165, 1.54) is 18.6 Å². The summed E-state index contributed by atoms with van der Waals surface area (Å²) in [5.41, 5.74) is 2.41. The van der Waals surface area contributed by atoms with Crippen LogP contribution >= 0.6 is 0 Å². The summed E-state index contributed by atoms with van der Waals surface area (Å²) in [5, 5.41) is 16.3. The van der Waals surface area contributed by atoms with Gasteiger partial charge in [0.2, 0.25) is 11.9 Å². The number of hydrogen-bond donors (Lipinski definition) is 3. The number of nitrogens with one attached hydrogen (secondary N) is 2. The van der Waals surface area contributed by atoms with Gasteiger partial charge in [0.05, 0.1) is 11.3 Å². The lowest BCUT2D eigenvalue weighted by atomic mass is 10.1. The molecule has 1 saturated heterocycles. The molecule has 1 amide bonds. The molecule has 4 aromatic rings. The number of aromatic nitrogens is 4. The van der Waals surface area contributed by atoms with Crippen molar-refractivity contribution in [3.05, 3.63) is 84.1 Å². The first kappa shape index (κ1) is 27.0. The molecule has 11 heteroatoms. The molecule has 2 aromatic carbocycles. The highest BCUT2D eigenvalue weighted by Gasteiger charge is 2.23. The molecule has 3 N–H and O–H groups in total. The first-order valence-electron chi connectivity index (χ1n) is 13.0. The molecule has 0 saturated carbocycles. The molecule has 0 unspecified atom stereocenters. The molecule has 40 heavy (non-hydrogen) atoms. The lowest BCUT2D eigenvalue weighted by molar-refractivity contribution is -0.111. The van der Waals surface area contributed by atoms with Crippen LogP contribution in [0.15, 0.2) is 78.5 Å². The Bertz CT molecular complexity index is 1590. The standard InChI is InChI=1S/C29H32N8O3/c1-4-25(38)32-21-6-5-7-23(16-21)37-19-31-27(39)24-17-30-28(34-26(24)37)33-20-8-10-22(11-9-20)36-14-12-35(13-15-36)18-29(2,3)40/h4-11,16-17,19,40H,1,12-15,18H2,2-3H3,(H,32,38)(H,30,33,34). The molecule has 1 aliphatic rings. The van der Waals surface area contributed by atoms with E-state index in [4.69, 9.17) is 0 Å². The van der Waals surface area contributed by atoms with E-state index in [9.17, 15) is 14.7 Å². The van der Waals surface area contributed by atoms with Crippen molar-refractivity contribution in [2.24, 2.45) is 0 Å². The van der Waals surface area contributed by atoms with E-state index in [1.54, 1.807) is 22.8 Å². The van der Waals surface area contributed by atoms with Crippen molar-refractivity contribution in [2.45, 2.75) is 19.4 Å². The largest absolute Gasteiger partial charge is 0.389 e. The number of β-amino-alcohol motifs (C(OH)–C–C–N with tert-alkyl or cyclic N) is 1. The summed E-state index contributed by atoms with van der Waals surface area (Å²) >= 11 is 0. The highest BCUT2D eigenvalue weighted by atomic mass is 16.3. The van der Waals surface area contributed by atoms with Gasteiger partial charge in [-0.15, -0.1) is 0 Å². The van der Waals surface area contributed by atoms with Gasteiger partial charge in [0.15, 0.2) is 5.65 Å². The Morgan fingerprint density at radius 1 is 1.05 bits per heavy atom. The summed E-state index contributed by atoms with van der Waals surface area (Å²) in [6.45, 7) is 11.4. The summed E-state index contributed by atoms with van der Waals surface area (Å²) in [5.74, 6) is 0.00353. The molecular weight excluding hydrogens is 508 g/mol. The van der Waals surface area contributed by atoms with Gasteiger partial charge in [0, 0.05) is 56.0 Å². The Morgan fingerprint density at radius 2 is 1.80 bits per heavy atom. The molecular formula is C29H32N8O3. The molecule has 0 atom stereocenters. The molecule has 11 nitrogen and oxygen atoms in total. The monoisotopic (exact) mass is 540 g/mol. The minimum Gasteiger partial charge on any atom is -0.389 e. The van der Waals surface area contributed by atoms with Crippen molar-refractivity contribution in [1.82, 2.24) is 24.4 Å². The number of amides is 1. The van der Waals surface area contributed by atoms with Crippen LogP contribution in [0.4, 0.5) is 23.0 Å². The molecule has 0 spiro atoms. The normalized spacial score (nSPS) is 14.2. The zero-order valence-electron chi connectivity index (χ0n) is 22.5. The minimum atomic E-state index is -0.696. The predicted molar refractivity (Wildman–Crippen MR) is 156 cm³/mol. The maximum atomic E-state index is 12.4. The highest BCUT2D eigenvalue weighted by Crippen LogP contribution is 2.23. The molecule has 0 bridgehead atoms. The van der Waals surface area contributed by atoms with E-state index in [2.05, 4.69) is 54.1 Å². The summed E-state index contributed by atoms with van der Waals surface area (Å²) in [7, 11) is 0. The van der Waals surface area contributed by atoms with Gasteiger partial charge in [-0.05, 0) is 62.4 Å². The minimum absolute atomic E-state index is 0.271. The van der Waals surface area contributed by atoms with Gasteiger partial charge in [0.1, 0.15) is 11.7 Å². The van der Waals surface area contributed by atoms with Crippen LogP contribution in [0, 0.1) is 0 Å². The fourth-order valence-electron chi connectivity index (χ4n) is 4.71. The zero-order chi connectivity index (χ0) is 28.3. The van der Waals surface area contributed by atoms with E-state index in [-0.39, 0.29) is 11.3 Å². The van der Waals surface area contributed by atoms with E-state index >= 15 is 0 Å². The lowest BCUT2D eigenvalue weighted by Crippen LogP contribution is -2.50. The van der Waals surface area contributed by atoms with Crippen molar-refractivity contribution >= 4 is 40.0 Å². The summed E-state index contributed by atoms with van der Waals surface area (Å²) < 4.78 is 1.67. The van der Waals surface area contributed by atoms with Crippen LogP contribution in [0.2, 0.25) is 0 Å². The lowest BCUT2D eigenvalue weighted by Gasteiger charge is -2.38. The Balaban J connectivity index is 1.34. The van der Waals surface area contributed by atoms with Gasteiger partial charge < -0.3 is 20.6 Å². The van der Waals surface area contributed by atoms with Crippen LogP contribution in [0.25, 0.3) is 16.7 Å². The number of anilines is 4. The van der Waals surface area contributed by atoms with Crippen LogP contribution < -0.4 is 21.1 Å². The first-order chi connectivity index (χ1) is 19.2. The van der Waals surface area contributed by atoms with Crippen LogP contribution in [0.3, 0.4) is 0 Å². The third kappa shape index (κ3) is 6.33. The van der Waals surface area contributed by atoms with E-state index < -0.39 is 11.2 Å². The van der Waals surface area contributed by atoms with Crippen LogP contribution in [0.5, 0.6) is 0 Å². The topological polar surface area (TPSA) is 129 Å². The first-order valence-corrected chi connectivity index (χ1v) is 13.0. The number of piperazine rings is 1. The molecule has 0 radical (unpaired) electrons. The van der Waals surface area contributed by atoms with Crippen LogP contribution in [-0.4, -0.2) is 73.8 Å². The van der Waals surface area contributed by atoms with Crippen molar-refractivity contribution in [3.8, 4) is 5.69 Å². The zero-order valence-corrected chi connectivity index (χ0v) is 22.5. The molecule has 206 valence electrons. The predicted octanol–water partition coefficient (Wildman–Crippen LogP) is 2.94. The third-order valence-corrected chi connectivity index (χ3v) is 6.57. The smallest absolute Gasteiger partial charge is 0.283 e. The number of nitrogens with zero attached hydrogens (tertiary/aromatic N) is 6. The number of rotatable bonds is 8. The third-order valence-electron chi connectivity index (χ3n) is 6.57. The summed E-state index contributed by atoms with van der Waals surface area (Å²) in [6.07, 6.45) is 4.06. The molecule has 0 aliphatic carbocycles. The number of aliphatic hydroxyl groups is 1. The van der Waals surface area contributed by atoms with E-state index in [1.807, 2.05) is 32.0 Å². The van der Waals surface area contributed by atoms with Crippen molar-refractivity contribution in [1.29, 1.82) is 0 Å². The Kier molecular flexibility index (Phi) is 7.58. The second-order valence-electron chi connectivity index (χ2n) is 10.3. The average Bonchev–Trinajstić information content (AvgIpc) is 2.93. The van der Waals surface area contributed by atoms with Gasteiger partial charge in [-0.2, -0.15) is 9.97 Å². The number of hydrogen-bond acceptors (Lipinski definition) is 9. The second kappa shape index (κ2) is 11.2. The second-order valence-corrected chi connectivity index (χ2v) is 10.3. The number of fused-ring (bicyclic) bond motifs is 1. The van der Waals surface area contributed by atoms with Crippen molar-refractivity contribution in [3.63, 3.8) is 0 Å². The van der Waals surface area contributed by atoms with E-state index in [0.717, 1.165) is 37.6 Å². The number of carbonyl (C=O) groups excluding carboxylic acids is 1. The Labute approximate surface area is 231 Å². The number of benzene rings is 2. The quantitative estimate of drug-likeness (QED) is 0.289. The summed E-state index contributed by atoms with van der Waals surface area (Å²) in [4.78, 5) is 41.7. The highest BCUT2D eigenvalue weighted by molar-refractivity contribution is 5.99. The molecule has 5 rings (SSSR count). The Morgan fingerprint density at radius 3 is 2.50 bits per heavy atom. The van der Waals surface area contributed by atoms with Crippen molar-refractivity contribution in [2.75, 3.05) is 48.3 Å². The maximum Gasteiger partial charge on any atom is 0.283 e. The van der Waals surface area contributed by atoms with Gasteiger partial charge in [0.25, 0.3) is 5.56 Å². The SMILES string of the molecule is C=CC(=O)Nc1cccc(-n2cnc(=O)c3cnc(Nc4ccc(N5CCN(CC(C)(C)O)CC5)cc4)nc32)c1. The van der Waals surface area contributed by atoms with E-state index in [0.29, 0.717) is 29.5 Å². The fourth-order valence-corrected chi connectivity index (χ4v) is 4.71. The fraction of sp³-hybridized carbons (Fsp3) is 0.276. The van der Waals surface area contributed by atoms with Crippen molar-refractivity contribution < 1.29 is 9.90 Å². The molecule has 1 fully saturated rings. The summed E-state index contributed by atoms with van der Waals surface area (Å²) in [6, 6.07) is 15.2. The van der Waals surface area contributed by atoms with Gasteiger partial charge in [-0.1, -0.05) is 12.6 Å². The molecule has 1 aliphatic heterocycles. The van der Waals surface area contributed by atoms with Crippen LogP contribution in [-0.2, 0) is 4.79 Å². The molecule has 2 aromatic heterocycles. The van der Waals surface area contributed by atoms with Gasteiger partial charge in [-0.3, -0.25) is 19.1 Å². The Hall–Kier alpha value is -4.61. The average molecular weight is 541 g/mol. The molecule has 3 heterocycles. The number of carbonyl (C=O) groups is 1. The maximum absolute atomic E-state index is 12.4. The van der Waals surface area contributed by atoms with Gasteiger partial charge >= 0.3 is 0 Å². The van der Waals surface area contributed by atoms with Crippen LogP contribution in [0.1, 0.15) is 13.8 Å². The van der Waals surface area contributed by atoms with Gasteiger partial charge in [-0.25, -0.2) is 4.98 Å².